The Morgan fingerprint density at radius 2 is 1.88 bits per heavy atom. The second kappa shape index (κ2) is 8.35. The number of piperidine rings is 1. The molecule has 3 rings (SSSR count). The maximum absolute atomic E-state index is 9.81. The molecule has 3 atom stereocenters. The zero-order valence-electron chi connectivity index (χ0n) is 15.3. The van der Waals surface area contributed by atoms with Crippen molar-refractivity contribution in [3.05, 3.63) is 77.9 Å². The Morgan fingerprint density at radius 3 is 2.64 bits per heavy atom. The van der Waals surface area contributed by atoms with Gasteiger partial charge in [-0.1, -0.05) is 61.5 Å². The third kappa shape index (κ3) is 4.52. The molecule has 2 heteroatoms. The van der Waals surface area contributed by atoms with Gasteiger partial charge in [0.25, 0.3) is 0 Å². The van der Waals surface area contributed by atoms with Crippen LogP contribution in [0.4, 0.5) is 0 Å². The van der Waals surface area contributed by atoms with Crippen molar-refractivity contribution in [2.24, 2.45) is 5.92 Å². The Balaban J connectivity index is 1.63. The highest BCUT2D eigenvalue weighted by Crippen LogP contribution is 2.38. The van der Waals surface area contributed by atoms with E-state index in [0.717, 1.165) is 25.8 Å². The molecule has 0 aromatic heterocycles. The molecule has 1 unspecified atom stereocenters. The number of benzene rings is 2. The molecule has 0 aliphatic carbocycles. The van der Waals surface area contributed by atoms with Crippen molar-refractivity contribution in [2.75, 3.05) is 13.6 Å². The molecule has 0 radical (unpaired) electrons. The summed E-state index contributed by atoms with van der Waals surface area (Å²) < 4.78 is 0. The first-order chi connectivity index (χ1) is 12.1. The van der Waals surface area contributed by atoms with Gasteiger partial charge in [-0.3, -0.25) is 0 Å². The molecule has 0 amide bonds. The van der Waals surface area contributed by atoms with E-state index in [1.807, 2.05) is 12.1 Å². The quantitative estimate of drug-likeness (QED) is 0.777. The van der Waals surface area contributed by atoms with Crippen molar-refractivity contribution in [1.29, 1.82) is 0 Å². The van der Waals surface area contributed by atoms with Crippen molar-refractivity contribution in [1.82, 2.24) is 4.90 Å². The lowest BCUT2D eigenvalue weighted by molar-refractivity contribution is 0.112. The maximum atomic E-state index is 9.81. The highest BCUT2D eigenvalue weighted by Gasteiger charge is 2.33. The van der Waals surface area contributed by atoms with Crippen LogP contribution in [0.15, 0.2) is 66.7 Å². The first kappa shape index (κ1) is 17.8. The van der Waals surface area contributed by atoms with E-state index in [2.05, 4.69) is 67.4 Å². The van der Waals surface area contributed by atoms with Crippen LogP contribution in [-0.2, 0) is 6.42 Å². The van der Waals surface area contributed by atoms with Crippen LogP contribution in [-0.4, -0.2) is 29.6 Å². The minimum Gasteiger partial charge on any atom is -0.508 e. The standard InChI is InChI=1S/C23H29NO/c1-18-22(20-12-8-13-21(25)17-20)15-16-24(2)23(18)14-7-6-11-19-9-4-3-5-10-19/h3-10,12-13,17-18,22-23,25H,11,14-16H2,1-2H3/t18-,22-,23?/m1/s1. The lowest BCUT2D eigenvalue weighted by Gasteiger charge is -2.42. The number of phenolic OH excluding ortho intramolecular Hbond substituents is 1. The molecule has 0 saturated carbocycles. The van der Waals surface area contributed by atoms with Gasteiger partial charge in [0.2, 0.25) is 0 Å². The summed E-state index contributed by atoms with van der Waals surface area (Å²) in [6.07, 6.45) is 7.89. The van der Waals surface area contributed by atoms with Gasteiger partial charge >= 0.3 is 0 Å². The van der Waals surface area contributed by atoms with E-state index in [1.165, 1.54) is 11.1 Å². The number of hydrogen-bond acceptors (Lipinski definition) is 2. The number of likely N-dealkylation sites (tertiary alicyclic amines) is 1. The number of phenols is 1. The van der Waals surface area contributed by atoms with Crippen molar-refractivity contribution in [3.8, 4) is 5.75 Å². The minimum absolute atomic E-state index is 0.378. The number of allylic oxidation sites excluding steroid dienone is 1. The maximum Gasteiger partial charge on any atom is 0.115 e. The fourth-order valence-electron chi connectivity index (χ4n) is 4.13. The molecule has 1 heterocycles. The Hall–Kier alpha value is -2.06. The Kier molecular flexibility index (Phi) is 5.93. The molecule has 25 heavy (non-hydrogen) atoms. The number of aromatic hydroxyl groups is 1. The summed E-state index contributed by atoms with van der Waals surface area (Å²) in [4.78, 5) is 2.50. The van der Waals surface area contributed by atoms with Gasteiger partial charge in [0.05, 0.1) is 0 Å². The van der Waals surface area contributed by atoms with Crippen LogP contribution in [0.1, 0.15) is 36.8 Å². The van der Waals surface area contributed by atoms with E-state index in [1.54, 1.807) is 6.07 Å². The van der Waals surface area contributed by atoms with E-state index >= 15 is 0 Å². The Morgan fingerprint density at radius 1 is 1.08 bits per heavy atom. The van der Waals surface area contributed by atoms with Gasteiger partial charge in [0.1, 0.15) is 5.75 Å². The summed E-state index contributed by atoms with van der Waals surface area (Å²) in [5, 5.41) is 9.81. The van der Waals surface area contributed by atoms with Crippen LogP contribution in [0.25, 0.3) is 0 Å². The molecule has 1 saturated heterocycles. The van der Waals surface area contributed by atoms with Crippen LogP contribution in [0.2, 0.25) is 0 Å². The van der Waals surface area contributed by atoms with Gasteiger partial charge in [0, 0.05) is 6.04 Å². The Labute approximate surface area is 151 Å². The van der Waals surface area contributed by atoms with E-state index in [-0.39, 0.29) is 0 Å². The highest BCUT2D eigenvalue weighted by molar-refractivity contribution is 5.30. The Bertz CT molecular complexity index is 694. The van der Waals surface area contributed by atoms with E-state index in [9.17, 15) is 5.11 Å². The molecule has 2 aromatic rings. The zero-order valence-corrected chi connectivity index (χ0v) is 15.3. The van der Waals surface area contributed by atoms with Crippen LogP contribution in [0.3, 0.4) is 0 Å². The summed E-state index contributed by atoms with van der Waals surface area (Å²) in [6.45, 7) is 3.47. The van der Waals surface area contributed by atoms with Crippen LogP contribution < -0.4 is 0 Å². The lowest BCUT2D eigenvalue weighted by Crippen LogP contribution is -2.44. The fourth-order valence-corrected chi connectivity index (χ4v) is 4.13. The molecule has 1 aliphatic heterocycles. The molecule has 2 aromatic carbocycles. The number of nitrogens with zero attached hydrogens (tertiary/aromatic N) is 1. The molecule has 0 bridgehead atoms. The molecular weight excluding hydrogens is 306 g/mol. The molecule has 0 spiro atoms. The normalized spacial score (nSPS) is 24.6. The average molecular weight is 335 g/mol. The predicted octanol–water partition coefficient (Wildman–Crippen LogP) is 5.01. The third-order valence-electron chi connectivity index (χ3n) is 5.64. The summed E-state index contributed by atoms with van der Waals surface area (Å²) in [7, 11) is 2.24. The van der Waals surface area contributed by atoms with Gasteiger partial charge in [-0.2, -0.15) is 0 Å². The number of hydrogen-bond donors (Lipinski definition) is 1. The zero-order chi connectivity index (χ0) is 17.6. The largest absolute Gasteiger partial charge is 0.508 e. The van der Waals surface area contributed by atoms with Crippen molar-refractivity contribution in [3.63, 3.8) is 0 Å². The molecular formula is C23H29NO. The van der Waals surface area contributed by atoms with E-state index in [4.69, 9.17) is 0 Å². The first-order valence-electron chi connectivity index (χ1n) is 9.33. The van der Waals surface area contributed by atoms with Crippen molar-refractivity contribution in [2.45, 2.75) is 38.1 Å². The van der Waals surface area contributed by atoms with Crippen molar-refractivity contribution >= 4 is 0 Å². The van der Waals surface area contributed by atoms with Crippen LogP contribution in [0, 0.1) is 5.92 Å². The van der Waals surface area contributed by atoms with Gasteiger partial charge in [0.15, 0.2) is 0 Å². The lowest BCUT2D eigenvalue weighted by atomic mass is 9.76. The van der Waals surface area contributed by atoms with Gasteiger partial charge < -0.3 is 10.0 Å². The molecule has 2 nitrogen and oxygen atoms in total. The van der Waals surface area contributed by atoms with Crippen LogP contribution in [0.5, 0.6) is 5.75 Å². The highest BCUT2D eigenvalue weighted by atomic mass is 16.3. The SMILES string of the molecule is C[C@H]1C(CC=CCc2ccccc2)N(C)CC[C@H]1c1cccc(O)c1. The molecule has 1 fully saturated rings. The molecule has 1 N–H and O–H groups in total. The summed E-state index contributed by atoms with van der Waals surface area (Å²) in [5.74, 6) is 1.47. The molecule has 1 aliphatic rings. The summed E-state index contributed by atoms with van der Waals surface area (Å²) in [6, 6.07) is 19.0. The van der Waals surface area contributed by atoms with Gasteiger partial charge in [-0.25, -0.2) is 0 Å². The monoisotopic (exact) mass is 335 g/mol. The topological polar surface area (TPSA) is 23.5 Å². The second-order valence-electron chi connectivity index (χ2n) is 7.29. The first-order valence-corrected chi connectivity index (χ1v) is 9.33. The fraction of sp³-hybridized carbons (Fsp3) is 0.391. The summed E-state index contributed by atoms with van der Waals surface area (Å²) in [5.41, 5.74) is 2.64. The smallest absolute Gasteiger partial charge is 0.115 e. The second-order valence-corrected chi connectivity index (χ2v) is 7.29. The average Bonchev–Trinajstić information content (AvgIpc) is 2.62. The van der Waals surface area contributed by atoms with Gasteiger partial charge in [-0.15, -0.1) is 0 Å². The molecule has 132 valence electrons. The van der Waals surface area contributed by atoms with E-state index < -0.39 is 0 Å². The van der Waals surface area contributed by atoms with Crippen LogP contribution >= 0.6 is 0 Å². The summed E-state index contributed by atoms with van der Waals surface area (Å²) >= 11 is 0. The number of rotatable bonds is 5. The van der Waals surface area contributed by atoms with Gasteiger partial charge in [-0.05, 0) is 68.0 Å². The van der Waals surface area contributed by atoms with Crippen molar-refractivity contribution < 1.29 is 5.11 Å². The predicted molar refractivity (Wildman–Crippen MR) is 105 cm³/mol. The third-order valence-corrected chi connectivity index (χ3v) is 5.64. The van der Waals surface area contributed by atoms with E-state index in [0.29, 0.717) is 23.6 Å². The minimum atomic E-state index is 0.378.